The number of ketones is 2. The summed E-state index contributed by atoms with van der Waals surface area (Å²) in [6.07, 6.45) is 2.75. The van der Waals surface area contributed by atoms with Gasteiger partial charge in [0.2, 0.25) is 17.6 Å². The molecular formula is C27H43N5O6. The number of carbonyl (C=O) groups is 6. The van der Waals surface area contributed by atoms with Crippen LogP contribution in [-0.4, -0.2) is 71.4 Å². The lowest BCUT2D eigenvalue weighted by molar-refractivity contribution is -0.144. The highest BCUT2D eigenvalue weighted by molar-refractivity contribution is 6.36. The number of nitrogens with two attached hydrogens (primary N) is 1. The van der Waals surface area contributed by atoms with Crippen molar-refractivity contribution in [2.24, 2.45) is 40.2 Å². The lowest BCUT2D eigenvalue weighted by Crippen LogP contribution is -2.62. The maximum Gasteiger partial charge on any atom is 0.316 e. The van der Waals surface area contributed by atoms with Gasteiger partial charge < -0.3 is 26.6 Å². The Morgan fingerprint density at radius 2 is 1.63 bits per heavy atom. The smallest absolute Gasteiger partial charge is 0.316 e. The topological polar surface area (TPSA) is 168 Å². The van der Waals surface area contributed by atoms with E-state index in [1.54, 1.807) is 13.8 Å². The number of nitrogens with zero attached hydrogens (tertiary/aromatic N) is 1. The Kier molecular flexibility index (Phi) is 8.29. The summed E-state index contributed by atoms with van der Waals surface area (Å²) in [5.41, 5.74) is 4.13. The number of amides is 5. The van der Waals surface area contributed by atoms with Crippen molar-refractivity contribution in [1.82, 2.24) is 20.9 Å². The van der Waals surface area contributed by atoms with Crippen LogP contribution in [0.3, 0.4) is 0 Å². The minimum atomic E-state index is -1.14. The molecule has 0 radical (unpaired) electrons. The Hall–Kier alpha value is -2.98. The molecule has 3 aliphatic rings. The van der Waals surface area contributed by atoms with Crippen molar-refractivity contribution in [1.29, 1.82) is 0 Å². The SMILES string of the molecule is CC(C)C(=O)[C@@H](NC(=O)N[C@H](C(=O)N1C[C@H]2[C@@H]([C@H]1C(=O)NCC(=O)C(N)=O)C2(C)C)C(C)(C)C)C1CCC1. The van der Waals surface area contributed by atoms with Crippen molar-refractivity contribution in [3.8, 4) is 0 Å². The van der Waals surface area contributed by atoms with Crippen molar-refractivity contribution in [2.45, 2.75) is 85.9 Å². The fourth-order valence-corrected chi connectivity index (χ4v) is 5.85. The number of fused-ring (bicyclic) bond motifs is 1. The van der Waals surface area contributed by atoms with Crippen LogP contribution in [0.4, 0.5) is 4.79 Å². The summed E-state index contributed by atoms with van der Waals surface area (Å²) in [6.45, 7) is 12.9. The number of hydrogen-bond acceptors (Lipinski definition) is 6. The highest BCUT2D eigenvalue weighted by Gasteiger charge is 2.69. The van der Waals surface area contributed by atoms with Gasteiger partial charge in [-0.2, -0.15) is 0 Å². The van der Waals surface area contributed by atoms with Gasteiger partial charge in [0, 0.05) is 12.5 Å². The van der Waals surface area contributed by atoms with Crippen LogP contribution in [0, 0.1) is 34.5 Å². The lowest BCUT2D eigenvalue weighted by atomic mass is 9.76. The molecule has 2 aliphatic carbocycles. The molecule has 11 nitrogen and oxygen atoms in total. The largest absolute Gasteiger partial charge is 0.363 e. The molecule has 0 aromatic carbocycles. The normalized spacial score (nSPS) is 25.5. The Balaban J connectivity index is 1.77. The zero-order valence-corrected chi connectivity index (χ0v) is 23.6. The first kappa shape index (κ1) is 29.6. The molecule has 1 saturated heterocycles. The number of primary amides is 1. The van der Waals surface area contributed by atoms with Gasteiger partial charge in [-0.25, -0.2) is 4.79 Å². The monoisotopic (exact) mass is 533 g/mol. The number of nitrogens with one attached hydrogen (secondary N) is 3. The quantitative estimate of drug-likeness (QED) is 0.302. The molecule has 11 heteroatoms. The van der Waals surface area contributed by atoms with Crippen LogP contribution in [-0.2, 0) is 24.0 Å². The van der Waals surface area contributed by atoms with Crippen LogP contribution >= 0.6 is 0 Å². The standard InChI is InChI=1S/C27H43N5O6/c1-13(2)20(34)18(14-9-8-10-14)30-25(38)31-21(26(3,4)5)24(37)32-12-15-17(27(15,6)7)19(32)23(36)29-11-16(33)22(28)35/h13-15,17-19,21H,8-12H2,1-7H3,(H2,28,35)(H,29,36)(H2,30,31,38)/t15-,17-,18-,19-,21+/m0/s1. The second-order valence-corrected chi connectivity index (χ2v) is 13.0. The molecule has 1 aliphatic heterocycles. The zero-order valence-electron chi connectivity index (χ0n) is 23.6. The Morgan fingerprint density at radius 3 is 2.11 bits per heavy atom. The van der Waals surface area contributed by atoms with E-state index in [0.717, 1.165) is 19.3 Å². The lowest BCUT2D eigenvalue weighted by Gasteiger charge is -2.38. The fraction of sp³-hybridized carbons (Fsp3) is 0.778. The molecule has 0 aromatic rings. The van der Waals surface area contributed by atoms with Crippen molar-refractivity contribution < 1.29 is 28.8 Å². The van der Waals surface area contributed by atoms with Gasteiger partial charge in [0.1, 0.15) is 12.1 Å². The van der Waals surface area contributed by atoms with Crippen LogP contribution < -0.4 is 21.7 Å². The highest BCUT2D eigenvalue weighted by atomic mass is 16.2. The van der Waals surface area contributed by atoms with Gasteiger partial charge in [-0.15, -0.1) is 0 Å². The Morgan fingerprint density at radius 1 is 1.03 bits per heavy atom. The first-order chi connectivity index (χ1) is 17.5. The summed E-state index contributed by atoms with van der Waals surface area (Å²) < 4.78 is 0. The van der Waals surface area contributed by atoms with E-state index in [1.807, 2.05) is 34.6 Å². The molecule has 0 unspecified atom stereocenters. The maximum absolute atomic E-state index is 13.9. The molecule has 5 N–H and O–H groups in total. The van der Waals surface area contributed by atoms with E-state index in [4.69, 9.17) is 5.73 Å². The number of urea groups is 1. The number of rotatable bonds is 10. The molecule has 3 rings (SSSR count). The molecule has 1 heterocycles. The van der Waals surface area contributed by atoms with Crippen LogP contribution in [0.5, 0.6) is 0 Å². The summed E-state index contributed by atoms with van der Waals surface area (Å²) in [6, 6.07) is -3.02. The van der Waals surface area contributed by atoms with Gasteiger partial charge in [0.15, 0.2) is 5.78 Å². The first-order valence-corrected chi connectivity index (χ1v) is 13.5. The van der Waals surface area contributed by atoms with Gasteiger partial charge in [-0.05, 0) is 41.4 Å². The minimum absolute atomic E-state index is 0.0346. The van der Waals surface area contributed by atoms with Crippen LogP contribution in [0.2, 0.25) is 0 Å². The average Bonchev–Trinajstić information content (AvgIpc) is 3.11. The van der Waals surface area contributed by atoms with Crippen LogP contribution in [0.1, 0.15) is 67.7 Å². The molecule has 38 heavy (non-hydrogen) atoms. The number of likely N-dealkylation sites (tertiary alicyclic amines) is 1. The van der Waals surface area contributed by atoms with E-state index in [2.05, 4.69) is 16.0 Å². The van der Waals surface area contributed by atoms with Crippen LogP contribution in [0.25, 0.3) is 0 Å². The van der Waals surface area contributed by atoms with Crippen molar-refractivity contribution in [3.05, 3.63) is 0 Å². The van der Waals surface area contributed by atoms with Crippen molar-refractivity contribution in [2.75, 3.05) is 13.1 Å². The van der Waals surface area contributed by atoms with Gasteiger partial charge >= 0.3 is 6.03 Å². The second-order valence-electron chi connectivity index (χ2n) is 13.0. The molecule has 212 valence electrons. The molecule has 5 amide bonds. The number of piperidine rings is 1. The predicted octanol–water partition coefficient (Wildman–Crippen LogP) is 0.748. The first-order valence-electron chi connectivity index (χ1n) is 13.5. The summed E-state index contributed by atoms with van der Waals surface area (Å²) in [4.78, 5) is 77.2. The third-order valence-electron chi connectivity index (χ3n) is 8.63. The predicted molar refractivity (Wildman–Crippen MR) is 139 cm³/mol. The van der Waals surface area contributed by atoms with E-state index in [1.165, 1.54) is 4.90 Å². The summed E-state index contributed by atoms with van der Waals surface area (Å²) >= 11 is 0. The summed E-state index contributed by atoms with van der Waals surface area (Å²) in [5.74, 6) is -3.22. The Labute approximate surface area is 224 Å². The molecule has 2 saturated carbocycles. The fourth-order valence-electron chi connectivity index (χ4n) is 5.85. The van der Waals surface area contributed by atoms with Gasteiger partial charge in [0.25, 0.3) is 5.91 Å². The number of hydrogen-bond donors (Lipinski definition) is 4. The van der Waals surface area contributed by atoms with E-state index in [0.29, 0.717) is 6.54 Å². The van der Waals surface area contributed by atoms with Crippen LogP contribution in [0.15, 0.2) is 0 Å². The highest BCUT2D eigenvalue weighted by Crippen LogP contribution is 2.65. The maximum atomic E-state index is 13.9. The van der Waals surface area contributed by atoms with E-state index in [-0.39, 0.29) is 34.9 Å². The van der Waals surface area contributed by atoms with E-state index >= 15 is 0 Å². The molecule has 3 fully saturated rings. The minimum Gasteiger partial charge on any atom is -0.363 e. The molecule has 0 aromatic heterocycles. The second kappa shape index (κ2) is 10.6. The third kappa shape index (κ3) is 5.86. The number of carbonyl (C=O) groups excluding carboxylic acids is 6. The third-order valence-corrected chi connectivity index (χ3v) is 8.63. The summed E-state index contributed by atoms with van der Waals surface area (Å²) in [5, 5.41) is 8.08. The molecular weight excluding hydrogens is 490 g/mol. The molecule has 5 atom stereocenters. The van der Waals surface area contributed by atoms with Gasteiger partial charge in [-0.1, -0.05) is 54.9 Å². The van der Waals surface area contributed by atoms with Gasteiger partial charge in [0.05, 0.1) is 12.6 Å². The average molecular weight is 534 g/mol. The van der Waals surface area contributed by atoms with E-state index in [9.17, 15) is 28.8 Å². The van der Waals surface area contributed by atoms with Crippen molar-refractivity contribution >= 4 is 35.3 Å². The van der Waals surface area contributed by atoms with E-state index < -0.39 is 59.6 Å². The molecule has 0 spiro atoms. The number of Topliss-reactive ketones (excluding diaryl/α,β-unsaturated/α-hetero) is 2. The summed E-state index contributed by atoms with van der Waals surface area (Å²) in [7, 11) is 0. The van der Waals surface area contributed by atoms with Crippen molar-refractivity contribution in [3.63, 3.8) is 0 Å². The zero-order chi connectivity index (χ0) is 28.7. The van der Waals surface area contributed by atoms with Gasteiger partial charge in [-0.3, -0.25) is 24.0 Å². The molecule has 0 bridgehead atoms. The Bertz CT molecular complexity index is 1010.